The molecule has 1 fully saturated rings. The molecular formula is C8H15NO4S. The number of sulfonamides is 1. The fraction of sp³-hybridized carbons (Fsp3) is 0.875. The van der Waals surface area contributed by atoms with Crippen LogP contribution in [0.2, 0.25) is 0 Å². The number of hydrogen-bond acceptors (Lipinski definition) is 3. The van der Waals surface area contributed by atoms with E-state index < -0.39 is 28.0 Å². The van der Waals surface area contributed by atoms with Crippen LogP contribution >= 0.6 is 0 Å². The third-order valence-corrected chi connectivity index (χ3v) is 4.50. The zero-order chi connectivity index (χ0) is 10.9. The van der Waals surface area contributed by atoms with Crippen LogP contribution in [0.25, 0.3) is 0 Å². The van der Waals surface area contributed by atoms with Gasteiger partial charge in [-0.2, -0.15) is 0 Å². The molecule has 1 rings (SSSR count). The summed E-state index contributed by atoms with van der Waals surface area (Å²) >= 11 is 0. The van der Waals surface area contributed by atoms with Crippen LogP contribution < -0.4 is 4.72 Å². The molecule has 5 nitrogen and oxygen atoms in total. The summed E-state index contributed by atoms with van der Waals surface area (Å²) in [5, 5.41) is 8.37. The first-order valence-electron chi connectivity index (χ1n) is 4.58. The first kappa shape index (κ1) is 11.5. The lowest BCUT2D eigenvalue weighted by Crippen LogP contribution is -2.41. The molecule has 2 atom stereocenters. The number of carboxylic acids is 1. The van der Waals surface area contributed by atoms with Crippen molar-refractivity contribution in [3.63, 3.8) is 0 Å². The maximum absolute atomic E-state index is 11.4. The van der Waals surface area contributed by atoms with Gasteiger partial charge in [-0.15, -0.1) is 0 Å². The molecule has 2 N–H and O–H groups in total. The van der Waals surface area contributed by atoms with Crippen molar-refractivity contribution in [1.82, 2.24) is 4.72 Å². The van der Waals surface area contributed by atoms with Crippen molar-refractivity contribution in [3.05, 3.63) is 0 Å². The molecule has 0 radical (unpaired) electrons. The van der Waals surface area contributed by atoms with Gasteiger partial charge in [-0.25, -0.2) is 13.1 Å². The Balaban J connectivity index is 2.55. The number of nitrogens with one attached hydrogen (secondary N) is 1. The van der Waals surface area contributed by atoms with Gasteiger partial charge in [0.05, 0.1) is 11.2 Å². The molecule has 0 spiro atoms. The van der Waals surface area contributed by atoms with E-state index in [9.17, 15) is 13.2 Å². The van der Waals surface area contributed by atoms with Crippen LogP contribution in [0.4, 0.5) is 0 Å². The summed E-state index contributed by atoms with van der Waals surface area (Å²) in [6, 6.07) is -0.557. The second-order valence-electron chi connectivity index (χ2n) is 3.78. The first-order valence-corrected chi connectivity index (χ1v) is 6.13. The van der Waals surface area contributed by atoms with Crippen LogP contribution in [0, 0.1) is 5.92 Å². The van der Waals surface area contributed by atoms with E-state index in [-0.39, 0.29) is 5.25 Å². The summed E-state index contributed by atoms with van der Waals surface area (Å²) in [5.74, 6) is -1.69. The van der Waals surface area contributed by atoms with Gasteiger partial charge in [-0.3, -0.25) is 4.79 Å². The molecule has 1 aliphatic carbocycles. The molecule has 6 heteroatoms. The van der Waals surface area contributed by atoms with E-state index in [2.05, 4.69) is 4.72 Å². The van der Waals surface area contributed by atoms with Gasteiger partial charge in [0.25, 0.3) is 0 Å². The van der Waals surface area contributed by atoms with Crippen molar-refractivity contribution in [2.45, 2.75) is 38.0 Å². The molecule has 0 saturated heterocycles. The third kappa shape index (κ3) is 2.68. The molecule has 0 amide bonds. The highest BCUT2D eigenvalue weighted by Crippen LogP contribution is 2.27. The van der Waals surface area contributed by atoms with Crippen molar-refractivity contribution in [1.29, 1.82) is 0 Å². The van der Waals surface area contributed by atoms with Crippen molar-refractivity contribution < 1.29 is 18.3 Å². The zero-order valence-electron chi connectivity index (χ0n) is 8.23. The van der Waals surface area contributed by atoms with E-state index in [0.29, 0.717) is 12.8 Å². The van der Waals surface area contributed by atoms with Crippen LogP contribution in [0.5, 0.6) is 0 Å². The molecule has 1 aliphatic rings. The molecule has 0 aromatic heterocycles. The standard InChI is InChI=1S/C8H15NO4S/c1-5(8(10)11)6(2)9-14(12,13)7-3-4-7/h5-7,9H,3-4H2,1-2H3,(H,10,11). The lowest BCUT2D eigenvalue weighted by molar-refractivity contribution is -0.141. The van der Waals surface area contributed by atoms with Gasteiger partial charge in [0.1, 0.15) is 0 Å². The van der Waals surface area contributed by atoms with Crippen molar-refractivity contribution in [3.8, 4) is 0 Å². The minimum absolute atomic E-state index is 0.300. The van der Waals surface area contributed by atoms with E-state index in [0.717, 1.165) is 0 Å². The highest BCUT2D eigenvalue weighted by atomic mass is 32.2. The van der Waals surface area contributed by atoms with Crippen LogP contribution in [-0.4, -0.2) is 30.8 Å². The Morgan fingerprint density at radius 3 is 2.29 bits per heavy atom. The summed E-state index contributed by atoms with van der Waals surface area (Å²) in [6.45, 7) is 3.06. The highest BCUT2D eigenvalue weighted by molar-refractivity contribution is 7.90. The lowest BCUT2D eigenvalue weighted by Gasteiger charge is -2.17. The van der Waals surface area contributed by atoms with Gasteiger partial charge in [0.2, 0.25) is 10.0 Å². The molecule has 2 unspecified atom stereocenters. The topological polar surface area (TPSA) is 83.5 Å². The quantitative estimate of drug-likeness (QED) is 0.693. The fourth-order valence-electron chi connectivity index (χ4n) is 1.05. The van der Waals surface area contributed by atoms with E-state index >= 15 is 0 Å². The molecule has 0 aromatic carbocycles. The highest BCUT2D eigenvalue weighted by Gasteiger charge is 2.37. The average molecular weight is 221 g/mol. The maximum Gasteiger partial charge on any atom is 0.307 e. The van der Waals surface area contributed by atoms with Gasteiger partial charge >= 0.3 is 5.97 Å². The summed E-state index contributed by atoms with van der Waals surface area (Å²) in [4.78, 5) is 10.6. The SMILES string of the molecule is CC(NS(=O)(=O)C1CC1)C(C)C(=O)O. The van der Waals surface area contributed by atoms with Crippen molar-refractivity contribution >= 4 is 16.0 Å². The lowest BCUT2D eigenvalue weighted by atomic mass is 10.1. The Bertz CT molecular complexity index is 320. The zero-order valence-corrected chi connectivity index (χ0v) is 9.04. The second-order valence-corrected chi connectivity index (χ2v) is 5.77. The van der Waals surface area contributed by atoms with E-state index in [4.69, 9.17) is 5.11 Å². The predicted octanol–water partition coefficient (Wildman–Crippen LogP) is 0.177. The Kier molecular flexibility index (Phi) is 3.16. The monoisotopic (exact) mass is 221 g/mol. The van der Waals surface area contributed by atoms with Gasteiger partial charge in [-0.05, 0) is 19.8 Å². The Morgan fingerprint density at radius 1 is 1.43 bits per heavy atom. The number of carbonyl (C=O) groups is 1. The van der Waals surface area contributed by atoms with Crippen LogP contribution in [-0.2, 0) is 14.8 Å². The average Bonchev–Trinajstić information content (AvgIpc) is 2.83. The Labute approximate surface area is 83.6 Å². The molecule has 0 aliphatic heterocycles. The largest absolute Gasteiger partial charge is 0.481 e. The number of hydrogen-bond donors (Lipinski definition) is 2. The molecule has 82 valence electrons. The first-order chi connectivity index (χ1) is 6.34. The number of rotatable bonds is 5. The minimum Gasteiger partial charge on any atom is -0.481 e. The van der Waals surface area contributed by atoms with Crippen LogP contribution in [0.1, 0.15) is 26.7 Å². The molecule has 0 aromatic rings. The smallest absolute Gasteiger partial charge is 0.307 e. The van der Waals surface area contributed by atoms with Crippen molar-refractivity contribution in [2.75, 3.05) is 0 Å². The van der Waals surface area contributed by atoms with Gasteiger partial charge in [0, 0.05) is 6.04 Å². The summed E-state index contributed by atoms with van der Waals surface area (Å²) in [5.41, 5.74) is 0. The number of carboxylic acid groups (broad SMARTS) is 1. The fourth-order valence-corrected chi connectivity index (χ4v) is 2.72. The number of aliphatic carboxylic acids is 1. The van der Waals surface area contributed by atoms with Gasteiger partial charge in [-0.1, -0.05) is 6.92 Å². The van der Waals surface area contributed by atoms with Gasteiger partial charge < -0.3 is 5.11 Å². The van der Waals surface area contributed by atoms with E-state index in [1.165, 1.54) is 6.92 Å². The minimum atomic E-state index is -3.28. The van der Waals surface area contributed by atoms with Gasteiger partial charge in [0.15, 0.2) is 0 Å². The van der Waals surface area contributed by atoms with Crippen molar-refractivity contribution in [2.24, 2.45) is 5.92 Å². The predicted molar refractivity (Wildman–Crippen MR) is 51.3 cm³/mol. The third-order valence-electron chi connectivity index (χ3n) is 2.45. The molecule has 0 bridgehead atoms. The Morgan fingerprint density at radius 2 is 1.93 bits per heavy atom. The summed E-state index contributed by atoms with van der Waals surface area (Å²) in [7, 11) is -3.28. The normalized spacial score (nSPS) is 21.6. The van der Waals surface area contributed by atoms with E-state index in [1.807, 2.05) is 0 Å². The van der Waals surface area contributed by atoms with Crippen LogP contribution in [0.3, 0.4) is 0 Å². The summed E-state index contributed by atoms with van der Waals surface area (Å²) < 4.78 is 25.2. The molecule has 1 saturated carbocycles. The van der Waals surface area contributed by atoms with Crippen LogP contribution in [0.15, 0.2) is 0 Å². The second kappa shape index (κ2) is 3.86. The molecular weight excluding hydrogens is 206 g/mol. The maximum atomic E-state index is 11.4. The Hall–Kier alpha value is -0.620. The van der Waals surface area contributed by atoms with E-state index in [1.54, 1.807) is 6.92 Å². The molecule has 0 heterocycles. The molecule has 14 heavy (non-hydrogen) atoms. The summed E-state index contributed by atoms with van der Waals surface area (Å²) in [6.07, 6.45) is 1.37.